The molecule has 0 aliphatic heterocycles. The van der Waals surface area contributed by atoms with Gasteiger partial charge in [0.2, 0.25) is 0 Å². The Hall–Kier alpha value is -4.57. The van der Waals surface area contributed by atoms with Crippen molar-refractivity contribution < 1.29 is 103 Å². The summed E-state index contributed by atoms with van der Waals surface area (Å²) in [6, 6.07) is 52.8. The van der Waals surface area contributed by atoms with Crippen molar-refractivity contribution in [3.63, 3.8) is 0 Å². The number of hydrogen-bond donors (Lipinski definition) is 0. The van der Waals surface area contributed by atoms with Gasteiger partial charge in [0.25, 0.3) is 0 Å². The van der Waals surface area contributed by atoms with Crippen LogP contribution in [0, 0.1) is 52.0 Å². The van der Waals surface area contributed by atoms with E-state index in [0.717, 1.165) is 131 Å². The second-order valence-electron chi connectivity index (χ2n) is 22.9. The molecule has 0 spiro atoms. The van der Waals surface area contributed by atoms with Gasteiger partial charge in [-0.15, -0.1) is 84.9 Å². The summed E-state index contributed by atoms with van der Waals surface area (Å²) in [5.74, 6) is 3.62. The normalized spacial score (nSPS) is 10.2. The molecule has 8 aromatic rings. The molecule has 0 bridgehead atoms. The van der Waals surface area contributed by atoms with Gasteiger partial charge >= 0.3 is 0 Å². The monoisotopic (exact) mass is 1960 g/mol. The molecule has 4 aromatic heterocycles. The molecule has 92 heavy (non-hydrogen) atoms. The summed E-state index contributed by atoms with van der Waals surface area (Å²) in [5.41, 5.74) is 12.2. The van der Waals surface area contributed by atoms with Gasteiger partial charge in [0, 0.05) is 132 Å². The molecule has 4 heterocycles. The maximum absolute atomic E-state index is 6.10. The molecule has 0 saturated heterocycles. The Balaban J connectivity index is 0.000000605. The molecule has 0 N–H and O–H groups in total. The van der Waals surface area contributed by atoms with E-state index in [1.54, 1.807) is 6.20 Å². The standard InChI is InChI=1S/C21H28NO.2C20H26NO.C19H24NO.4Pt/c1-4-5-6-7-8-9-15-23-21-18(3)11-10-12-19(21)20-16-17(2)13-14-22-20;1-3-4-5-6-7-10-16-22-20-17(2)12-11-13-18(20)19-14-8-9-15-21-19;1-3-4-5-6-7-10-15-22-20-12-9-8-11-18(20)19-16-17(2)13-14-21-19;1-2-3-4-5-6-11-16-21-19-14-8-7-12-17(19)18-13-9-10-15-20-18;;;;/h10-11,13-14,16H,4-9,15H2,1-3H3;8-9,11-12,14-15H,3-7,10,16H2,1-2H3;8-9,12-14,16H,3-7,10,15H2,1-2H3;7-10,13-15H,2-6,11,16H2,1H3;;;;/q4*-1;;;;. The molecule has 0 amide bonds. The SMILES string of the molecule is CCCCCCCCOc1c(-c2cc(C)ccn2)[c-]ccc1C.CCCCCCCCOc1c(-c2ccccn2)[c-]ccc1C.CCCCCCCCOc1ccc[c-]c1-c1cc(C)ccn1.CCCCCCCCOc1ccc[c-]c1-c1ccccn1.[Pt].[Pt].[Pt].[Pt]. The predicted octanol–water partition coefficient (Wildman–Crippen LogP) is 22.4. The van der Waals surface area contributed by atoms with Gasteiger partial charge in [0.05, 0.1) is 26.4 Å². The Morgan fingerprint density at radius 1 is 0.293 bits per heavy atom. The molecule has 0 atom stereocenters. The van der Waals surface area contributed by atoms with Gasteiger partial charge in [-0.25, -0.2) is 0 Å². The zero-order chi connectivity index (χ0) is 62.5. The number of hydrogen-bond acceptors (Lipinski definition) is 8. The summed E-state index contributed by atoms with van der Waals surface area (Å²) >= 11 is 0. The van der Waals surface area contributed by atoms with Crippen molar-refractivity contribution in [3.05, 3.63) is 193 Å². The molecule has 0 radical (unpaired) electrons. The third kappa shape index (κ3) is 34.2. The number of ether oxygens (including phenoxy) is 4. The predicted molar refractivity (Wildman–Crippen MR) is 368 cm³/mol. The number of unbranched alkanes of at least 4 members (excludes halogenated alkanes) is 20. The summed E-state index contributed by atoms with van der Waals surface area (Å²) in [4.78, 5) is 17.7. The largest absolute Gasteiger partial charge is 0.537 e. The minimum atomic E-state index is 0. The first-order chi connectivity index (χ1) is 43.3. The second kappa shape index (κ2) is 54.7. The Morgan fingerprint density at radius 3 is 0.978 bits per heavy atom. The average Bonchev–Trinajstić information content (AvgIpc) is 1.08. The van der Waals surface area contributed by atoms with E-state index in [-0.39, 0.29) is 84.3 Å². The minimum absolute atomic E-state index is 0. The van der Waals surface area contributed by atoms with Crippen LogP contribution in [0.25, 0.3) is 45.0 Å². The summed E-state index contributed by atoms with van der Waals surface area (Å²) in [6.45, 7) is 20.4. The Kier molecular flexibility index (Phi) is 50.8. The molecule has 0 fully saturated rings. The van der Waals surface area contributed by atoms with Crippen molar-refractivity contribution in [2.75, 3.05) is 26.4 Å². The average molecular weight is 1970 g/mol. The first-order valence-electron chi connectivity index (χ1n) is 33.5. The molecule has 4 aromatic carbocycles. The summed E-state index contributed by atoms with van der Waals surface area (Å²) in [7, 11) is 0. The van der Waals surface area contributed by atoms with Crippen LogP contribution in [0.4, 0.5) is 0 Å². The molecule has 0 saturated carbocycles. The number of benzene rings is 4. The Bertz CT molecular complexity index is 3080. The van der Waals surface area contributed by atoms with E-state index in [0.29, 0.717) is 0 Å². The number of aryl methyl sites for hydroxylation is 4. The quantitative estimate of drug-likeness (QED) is 0.0283. The Morgan fingerprint density at radius 2 is 0.609 bits per heavy atom. The van der Waals surface area contributed by atoms with Crippen LogP contribution in [0.2, 0.25) is 0 Å². The third-order valence-corrected chi connectivity index (χ3v) is 15.1. The van der Waals surface area contributed by atoms with Crippen molar-refractivity contribution in [3.8, 4) is 68.0 Å². The van der Waals surface area contributed by atoms with Crippen LogP contribution in [-0.2, 0) is 84.3 Å². The van der Waals surface area contributed by atoms with Gasteiger partial charge in [0.15, 0.2) is 0 Å². The van der Waals surface area contributed by atoms with Crippen molar-refractivity contribution in [2.45, 2.75) is 209 Å². The number of aromatic nitrogens is 4. The fraction of sp³-hybridized carbons (Fsp3) is 0.450. The first kappa shape index (κ1) is 85.4. The fourth-order valence-electron chi connectivity index (χ4n) is 10.0. The second-order valence-corrected chi connectivity index (χ2v) is 22.9. The zero-order valence-corrected chi connectivity index (χ0v) is 65.4. The molecule has 8 nitrogen and oxygen atoms in total. The van der Waals surface area contributed by atoms with Crippen LogP contribution in [0.1, 0.15) is 204 Å². The van der Waals surface area contributed by atoms with Crippen LogP contribution < -0.4 is 18.9 Å². The molecule has 0 aliphatic carbocycles. The molecular weight excluding hydrogens is 1860 g/mol. The van der Waals surface area contributed by atoms with Gasteiger partial charge in [-0.3, -0.25) is 0 Å². The first-order valence-corrected chi connectivity index (χ1v) is 33.5. The molecular formula is C80H104N4O4Pt4-4. The maximum atomic E-state index is 6.10. The van der Waals surface area contributed by atoms with Crippen molar-refractivity contribution in [1.82, 2.24) is 19.9 Å². The maximum Gasteiger partial charge on any atom is 0.0755 e. The van der Waals surface area contributed by atoms with E-state index >= 15 is 0 Å². The van der Waals surface area contributed by atoms with Gasteiger partial charge in [0.1, 0.15) is 0 Å². The van der Waals surface area contributed by atoms with Crippen LogP contribution in [0.15, 0.2) is 146 Å². The summed E-state index contributed by atoms with van der Waals surface area (Å²) < 4.78 is 24.0. The van der Waals surface area contributed by atoms with Crippen LogP contribution in [0.5, 0.6) is 23.0 Å². The number of rotatable bonds is 36. The Labute approximate surface area is 614 Å². The van der Waals surface area contributed by atoms with Gasteiger partial charge in [-0.1, -0.05) is 251 Å². The molecule has 8 rings (SSSR count). The number of pyridine rings is 4. The van der Waals surface area contributed by atoms with Crippen LogP contribution in [0.3, 0.4) is 0 Å². The van der Waals surface area contributed by atoms with Gasteiger partial charge in [-0.2, -0.15) is 0 Å². The fourth-order valence-corrected chi connectivity index (χ4v) is 10.0. The molecule has 0 unspecified atom stereocenters. The third-order valence-electron chi connectivity index (χ3n) is 15.1. The number of nitrogens with zero attached hydrogens (tertiary/aromatic N) is 4. The smallest absolute Gasteiger partial charge is 0.0755 e. The van der Waals surface area contributed by atoms with E-state index < -0.39 is 0 Å². The van der Waals surface area contributed by atoms with Gasteiger partial charge in [-0.05, 0) is 86.6 Å². The summed E-state index contributed by atoms with van der Waals surface area (Å²) in [6.07, 6.45) is 37.9. The van der Waals surface area contributed by atoms with Crippen molar-refractivity contribution in [2.24, 2.45) is 0 Å². The van der Waals surface area contributed by atoms with Crippen LogP contribution >= 0.6 is 0 Å². The van der Waals surface area contributed by atoms with Crippen molar-refractivity contribution in [1.29, 1.82) is 0 Å². The summed E-state index contributed by atoms with van der Waals surface area (Å²) in [5, 5.41) is 0. The molecule has 512 valence electrons. The van der Waals surface area contributed by atoms with E-state index in [1.165, 1.54) is 140 Å². The van der Waals surface area contributed by atoms with E-state index in [9.17, 15) is 0 Å². The topological polar surface area (TPSA) is 88.5 Å². The van der Waals surface area contributed by atoms with Crippen molar-refractivity contribution >= 4 is 0 Å². The van der Waals surface area contributed by atoms with Crippen LogP contribution in [-0.4, -0.2) is 46.4 Å². The molecule has 12 heteroatoms. The zero-order valence-electron chi connectivity index (χ0n) is 56.3. The minimum Gasteiger partial charge on any atom is -0.537 e. The molecule has 0 aliphatic rings. The van der Waals surface area contributed by atoms with Gasteiger partial charge < -0.3 is 38.9 Å². The van der Waals surface area contributed by atoms with E-state index in [2.05, 4.69) is 118 Å². The van der Waals surface area contributed by atoms with E-state index in [4.69, 9.17) is 18.9 Å². The van der Waals surface area contributed by atoms with E-state index in [1.807, 2.05) is 122 Å².